The topological polar surface area (TPSA) is 17.1 Å². The van der Waals surface area contributed by atoms with Crippen LogP contribution in [0.2, 0.25) is 0 Å². The van der Waals surface area contributed by atoms with Crippen molar-refractivity contribution in [3.05, 3.63) is 23.8 Å². The molecule has 0 fully saturated rings. The highest BCUT2D eigenvalue weighted by atomic mass is 16.1. The van der Waals surface area contributed by atoms with Gasteiger partial charge in [0.05, 0.1) is 0 Å². The van der Waals surface area contributed by atoms with Gasteiger partial charge in [-0.1, -0.05) is 37.6 Å². The van der Waals surface area contributed by atoms with Crippen molar-refractivity contribution in [2.75, 3.05) is 0 Å². The summed E-state index contributed by atoms with van der Waals surface area (Å²) in [7, 11) is 0. The van der Waals surface area contributed by atoms with E-state index in [1.807, 2.05) is 13.8 Å². The maximum Gasteiger partial charge on any atom is 0.126 e. The molecule has 1 heteroatoms. The Morgan fingerprint density at radius 3 is 2.67 bits per heavy atom. The Bertz CT molecular complexity index is 296. The van der Waals surface area contributed by atoms with E-state index >= 15 is 0 Å². The van der Waals surface area contributed by atoms with E-state index in [-0.39, 0.29) is 5.41 Å². The SMILES string of the molecule is C=C(C)[C@@H]1CCC(C)=C[C@@H]1C(C)(C)C=O. The number of hydrogen-bond donors (Lipinski definition) is 0. The predicted octanol–water partition coefficient (Wildman–Crippen LogP) is 3.76. The predicted molar refractivity (Wildman–Crippen MR) is 64.6 cm³/mol. The molecular weight excluding hydrogens is 184 g/mol. The highest BCUT2D eigenvalue weighted by Crippen LogP contribution is 2.42. The smallest absolute Gasteiger partial charge is 0.126 e. The number of allylic oxidation sites excluding steroid dienone is 3. The number of carbonyl (C=O) groups is 1. The zero-order valence-corrected chi connectivity index (χ0v) is 10.3. The Morgan fingerprint density at radius 1 is 1.60 bits per heavy atom. The molecule has 0 amide bonds. The van der Waals surface area contributed by atoms with Crippen LogP contribution in [0.3, 0.4) is 0 Å². The van der Waals surface area contributed by atoms with Crippen molar-refractivity contribution in [2.45, 2.75) is 40.5 Å². The van der Waals surface area contributed by atoms with E-state index in [4.69, 9.17) is 0 Å². The Balaban J connectivity index is 3.03. The van der Waals surface area contributed by atoms with Crippen LogP contribution in [0.15, 0.2) is 23.8 Å². The molecule has 0 unspecified atom stereocenters. The van der Waals surface area contributed by atoms with Crippen LogP contribution >= 0.6 is 0 Å². The van der Waals surface area contributed by atoms with E-state index in [1.54, 1.807) is 0 Å². The van der Waals surface area contributed by atoms with Gasteiger partial charge in [0.25, 0.3) is 0 Å². The molecule has 0 N–H and O–H groups in total. The van der Waals surface area contributed by atoms with Gasteiger partial charge in [0, 0.05) is 5.41 Å². The van der Waals surface area contributed by atoms with Crippen LogP contribution in [-0.4, -0.2) is 6.29 Å². The van der Waals surface area contributed by atoms with Crippen LogP contribution in [0.4, 0.5) is 0 Å². The molecule has 1 rings (SSSR count). The van der Waals surface area contributed by atoms with Gasteiger partial charge in [-0.15, -0.1) is 0 Å². The highest BCUT2D eigenvalue weighted by molar-refractivity contribution is 5.59. The van der Waals surface area contributed by atoms with E-state index in [1.165, 1.54) is 11.1 Å². The summed E-state index contributed by atoms with van der Waals surface area (Å²) in [5.74, 6) is 0.787. The second-order valence-corrected chi connectivity index (χ2v) is 5.47. The molecule has 2 atom stereocenters. The Labute approximate surface area is 93.3 Å². The van der Waals surface area contributed by atoms with Gasteiger partial charge in [0.2, 0.25) is 0 Å². The number of aldehydes is 1. The lowest BCUT2D eigenvalue weighted by Gasteiger charge is -2.38. The van der Waals surface area contributed by atoms with Crippen molar-refractivity contribution in [1.82, 2.24) is 0 Å². The quantitative estimate of drug-likeness (QED) is 0.507. The van der Waals surface area contributed by atoms with Crippen LogP contribution in [0.1, 0.15) is 40.5 Å². The van der Waals surface area contributed by atoms with E-state index < -0.39 is 0 Å². The van der Waals surface area contributed by atoms with Crippen molar-refractivity contribution in [2.24, 2.45) is 17.3 Å². The molecular formula is C14H22O. The van der Waals surface area contributed by atoms with Gasteiger partial charge >= 0.3 is 0 Å². The van der Waals surface area contributed by atoms with E-state index in [9.17, 15) is 4.79 Å². The molecule has 0 heterocycles. The summed E-state index contributed by atoms with van der Waals surface area (Å²) in [4.78, 5) is 11.1. The molecule has 0 bridgehead atoms. The van der Waals surface area contributed by atoms with Gasteiger partial charge in [0.15, 0.2) is 0 Å². The molecule has 0 saturated carbocycles. The van der Waals surface area contributed by atoms with Crippen LogP contribution in [0.25, 0.3) is 0 Å². The molecule has 0 aromatic rings. The molecule has 84 valence electrons. The summed E-state index contributed by atoms with van der Waals surface area (Å²) in [6.07, 6.45) is 5.64. The van der Waals surface area contributed by atoms with Gasteiger partial charge < -0.3 is 4.79 Å². The minimum atomic E-state index is -0.273. The first-order chi connectivity index (χ1) is 6.88. The molecule has 0 aromatic carbocycles. The van der Waals surface area contributed by atoms with E-state index in [2.05, 4.69) is 26.5 Å². The monoisotopic (exact) mass is 206 g/mol. The second kappa shape index (κ2) is 4.34. The summed E-state index contributed by atoms with van der Waals surface area (Å²) in [6.45, 7) is 12.3. The van der Waals surface area contributed by atoms with Crippen LogP contribution in [0.5, 0.6) is 0 Å². The fraction of sp³-hybridized carbons (Fsp3) is 0.643. The van der Waals surface area contributed by atoms with Crippen LogP contribution in [-0.2, 0) is 4.79 Å². The standard InChI is InChI=1S/C14H22O/c1-10(2)12-7-6-11(3)8-13(12)14(4,5)9-15/h8-9,12-13H,1,6-7H2,2-5H3/t12-,13-/m0/s1. The summed E-state index contributed by atoms with van der Waals surface area (Å²) >= 11 is 0. The largest absolute Gasteiger partial charge is 0.303 e. The zero-order chi connectivity index (χ0) is 11.6. The summed E-state index contributed by atoms with van der Waals surface area (Å²) in [5.41, 5.74) is 2.34. The molecule has 0 spiro atoms. The van der Waals surface area contributed by atoms with E-state index in [0.717, 1.165) is 19.1 Å². The number of carbonyl (C=O) groups excluding carboxylic acids is 1. The lowest BCUT2D eigenvalue weighted by Crippen LogP contribution is -2.33. The summed E-state index contributed by atoms with van der Waals surface area (Å²) in [6, 6.07) is 0. The normalized spacial score (nSPS) is 27.1. The zero-order valence-electron chi connectivity index (χ0n) is 10.3. The maximum atomic E-state index is 11.1. The first kappa shape index (κ1) is 12.2. The molecule has 15 heavy (non-hydrogen) atoms. The lowest BCUT2D eigenvalue weighted by atomic mass is 9.66. The maximum absolute atomic E-state index is 11.1. The Hall–Kier alpha value is -0.850. The fourth-order valence-corrected chi connectivity index (χ4v) is 2.43. The van der Waals surface area contributed by atoms with Gasteiger partial charge in [0.1, 0.15) is 6.29 Å². The van der Waals surface area contributed by atoms with Crippen molar-refractivity contribution in [3.63, 3.8) is 0 Å². The molecule has 0 radical (unpaired) electrons. The van der Waals surface area contributed by atoms with E-state index in [0.29, 0.717) is 11.8 Å². The third-order valence-corrected chi connectivity index (χ3v) is 3.54. The van der Waals surface area contributed by atoms with Gasteiger partial charge in [-0.3, -0.25) is 0 Å². The second-order valence-electron chi connectivity index (χ2n) is 5.47. The van der Waals surface area contributed by atoms with Crippen LogP contribution < -0.4 is 0 Å². The molecule has 0 aromatic heterocycles. The van der Waals surface area contributed by atoms with Gasteiger partial charge in [-0.05, 0) is 38.5 Å². The summed E-state index contributed by atoms with van der Waals surface area (Å²) < 4.78 is 0. The van der Waals surface area contributed by atoms with Gasteiger partial charge in [-0.25, -0.2) is 0 Å². The Kier molecular flexibility index (Phi) is 3.54. The molecule has 1 nitrogen and oxygen atoms in total. The minimum Gasteiger partial charge on any atom is -0.303 e. The lowest BCUT2D eigenvalue weighted by molar-refractivity contribution is -0.117. The average Bonchev–Trinajstić information content (AvgIpc) is 2.17. The van der Waals surface area contributed by atoms with Crippen molar-refractivity contribution in [3.8, 4) is 0 Å². The minimum absolute atomic E-state index is 0.273. The van der Waals surface area contributed by atoms with Crippen molar-refractivity contribution >= 4 is 6.29 Å². The third kappa shape index (κ3) is 2.58. The van der Waals surface area contributed by atoms with Crippen molar-refractivity contribution in [1.29, 1.82) is 0 Å². The molecule has 0 aliphatic heterocycles. The first-order valence-electron chi connectivity index (χ1n) is 5.67. The molecule has 1 aliphatic rings. The first-order valence-corrected chi connectivity index (χ1v) is 5.67. The van der Waals surface area contributed by atoms with Crippen LogP contribution in [0, 0.1) is 17.3 Å². The molecule has 1 aliphatic carbocycles. The number of hydrogen-bond acceptors (Lipinski definition) is 1. The average molecular weight is 206 g/mol. The number of rotatable bonds is 3. The fourth-order valence-electron chi connectivity index (χ4n) is 2.43. The Morgan fingerprint density at radius 2 is 2.20 bits per heavy atom. The van der Waals surface area contributed by atoms with Gasteiger partial charge in [-0.2, -0.15) is 0 Å². The third-order valence-electron chi connectivity index (χ3n) is 3.54. The summed E-state index contributed by atoms with van der Waals surface area (Å²) in [5, 5.41) is 0. The van der Waals surface area contributed by atoms with Crippen molar-refractivity contribution < 1.29 is 4.79 Å². The highest BCUT2D eigenvalue weighted by Gasteiger charge is 2.36. The molecule has 0 saturated heterocycles.